The Morgan fingerprint density at radius 3 is 2.55 bits per heavy atom. The molecule has 0 bridgehead atoms. The topological polar surface area (TPSA) is 103 Å². The number of hydrogen-bond donors (Lipinski definition) is 1. The van der Waals surface area contributed by atoms with Gasteiger partial charge in [0.25, 0.3) is 5.91 Å². The number of amides is 1. The number of ether oxygens (including phenoxy) is 1. The average Bonchev–Trinajstić information content (AvgIpc) is 3.50. The molecule has 40 heavy (non-hydrogen) atoms. The van der Waals surface area contributed by atoms with Gasteiger partial charge >= 0.3 is 6.18 Å². The van der Waals surface area contributed by atoms with Crippen LogP contribution in [0.5, 0.6) is 0 Å². The summed E-state index contributed by atoms with van der Waals surface area (Å²) in [6.07, 6.45) is 0.187. The molecule has 0 fully saturated rings. The molecule has 0 saturated heterocycles. The highest BCUT2D eigenvalue weighted by molar-refractivity contribution is 6.04. The molecule has 4 rings (SSSR count). The van der Waals surface area contributed by atoms with E-state index in [9.17, 15) is 18.0 Å². The van der Waals surface area contributed by atoms with Crippen LogP contribution in [0.3, 0.4) is 0 Å². The molecular weight excluding hydrogens is 525 g/mol. The van der Waals surface area contributed by atoms with Crippen LogP contribution < -0.4 is 5.32 Å². The van der Waals surface area contributed by atoms with Gasteiger partial charge in [-0.25, -0.2) is 4.68 Å². The summed E-state index contributed by atoms with van der Waals surface area (Å²) in [7, 11) is 5.18. The second kappa shape index (κ2) is 11.6. The largest absolute Gasteiger partial charge is 0.416 e. The number of nitrogens with one attached hydrogen (secondary N) is 1. The Labute approximate surface area is 229 Å². The van der Waals surface area contributed by atoms with Gasteiger partial charge in [-0.3, -0.25) is 19.4 Å². The van der Waals surface area contributed by atoms with Crippen molar-refractivity contribution in [2.75, 3.05) is 32.6 Å². The van der Waals surface area contributed by atoms with Crippen LogP contribution in [0, 0.1) is 20.8 Å². The second-order valence-corrected chi connectivity index (χ2v) is 9.63. The van der Waals surface area contributed by atoms with Gasteiger partial charge in [-0.2, -0.15) is 18.3 Å². The maximum atomic E-state index is 13.9. The number of likely N-dealkylation sites (N-methyl/N-ethyl adjacent to an activating group) is 1. The highest BCUT2D eigenvalue weighted by Crippen LogP contribution is 2.36. The van der Waals surface area contributed by atoms with Crippen LogP contribution in [0.1, 0.15) is 38.4 Å². The molecule has 0 aliphatic heterocycles. The fourth-order valence-electron chi connectivity index (χ4n) is 4.26. The standard InChI is InChI=1S/C27H31F3N8O2/c1-16-20(14-36(4)7-8-40-6)9-21(11-23(16)27(28,29)30)33-26(39)19-10-25(17(2)31-12-19)38-15-24(34-35-38)22-13-32-37(5)18(22)3/h9-13,15H,7-8,14H2,1-6H3,(H,33,39). The average molecular weight is 557 g/mol. The normalized spacial score (nSPS) is 11.8. The van der Waals surface area contributed by atoms with Gasteiger partial charge in [0.2, 0.25) is 0 Å². The molecule has 1 amide bonds. The van der Waals surface area contributed by atoms with Gasteiger partial charge in [0, 0.05) is 50.4 Å². The van der Waals surface area contributed by atoms with Crippen molar-refractivity contribution in [3.63, 3.8) is 0 Å². The Morgan fingerprint density at radius 1 is 1.15 bits per heavy atom. The van der Waals surface area contributed by atoms with Gasteiger partial charge in [-0.1, -0.05) is 5.21 Å². The number of carbonyl (C=O) groups is 1. The van der Waals surface area contributed by atoms with Gasteiger partial charge in [0.1, 0.15) is 5.69 Å². The number of nitrogens with zero attached hydrogens (tertiary/aromatic N) is 7. The monoisotopic (exact) mass is 556 g/mol. The molecule has 0 atom stereocenters. The van der Waals surface area contributed by atoms with E-state index in [1.54, 1.807) is 50.3 Å². The molecule has 3 heterocycles. The smallest absolute Gasteiger partial charge is 0.383 e. The van der Waals surface area contributed by atoms with Crippen molar-refractivity contribution in [3.05, 3.63) is 70.4 Å². The SMILES string of the molecule is COCCN(C)Cc1cc(NC(=O)c2cnc(C)c(-n3cc(-c4cnn(C)c4C)nn3)c2)cc(C(F)(F)F)c1C. The Kier molecular flexibility index (Phi) is 8.35. The summed E-state index contributed by atoms with van der Waals surface area (Å²) in [4.78, 5) is 19.4. The number of anilines is 1. The summed E-state index contributed by atoms with van der Waals surface area (Å²) in [5.41, 5.74) is 3.38. The molecule has 0 aliphatic carbocycles. The highest BCUT2D eigenvalue weighted by atomic mass is 19.4. The molecule has 13 heteroatoms. The summed E-state index contributed by atoms with van der Waals surface area (Å²) in [5, 5.41) is 15.3. The predicted molar refractivity (Wildman–Crippen MR) is 143 cm³/mol. The molecule has 10 nitrogen and oxygen atoms in total. The summed E-state index contributed by atoms with van der Waals surface area (Å²) in [6.45, 7) is 6.34. The number of aromatic nitrogens is 6. The van der Waals surface area contributed by atoms with Crippen molar-refractivity contribution in [2.45, 2.75) is 33.5 Å². The van der Waals surface area contributed by atoms with Crippen molar-refractivity contribution >= 4 is 11.6 Å². The number of pyridine rings is 1. The molecule has 3 aromatic heterocycles. The number of hydrogen-bond acceptors (Lipinski definition) is 7. The van der Waals surface area contributed by atoms with Gasteiger partial charge in [0.05, 0.1) is 41.5 Å². The van der Waals surface area contributed by atoms with E-state index >= 15 is 0 Å². The number of halogens is 3. The quantitative estimate of drug-likeness (QED) is 0.327. The van der Waals surface area contributed by atoms with E-state index in [1.165, 1.54) is 17.8 Å². The fourth-order valence-corrected chi connectivity index (χ4v) is 4.26. The first-order chi connectivity index (χ1) is 18.9. The van der Waals surface area contributed by atoms with E-state index in [2.05, 4.69) is 25.7 Å². The zero-order chi connectivity index (χ0) is 29.2. The van der Waals surface area contributed by atoms with Gasteiger partial charge in [0.15, 0.2) is 0 Å². The molecule has 1 N–H and O–H groups in total. The summed E-state index contributed by atoms with van der Waals surface area (Å²) >= 11 is 0. The number of rotatable bonds is 9. The van der Waals surface area contributed by atoms with E-state index in [-0.39, 0.29) is 23.4 Å². The van der Waals surface area contributed by atoms with Crippen LogP contribution in [0.15, 0.2) is 36.8 Å². The van der Waals surface area contributed by atoms with Crippen LogP contribution in [0.2, 0.25) is 0 Å². The Hall–Kier alpha value is -4.10. The number of alkyl halides is 3. The van der Waals surface area contributed by atoms with Crippen LogP contribution in [-0.2, 0) is 24.5 Å². The third-order valence-electron chi connectivity index (χ3n) is 6.77. The molecular formula is C27H31F3N8O2. The maximum absolute atomic E-state index is 13.9. The Bertz CT molecular complexity index is 1530. The molecule has 1 aromatic carbocycles. The minimum atomic E-state index is -4.58. The van der Waals surface area contributed by atoms with Gasteiger partial charge in [-0.05, 0) is 57.1 Å². The molecule has 0 unspecified atom stereocenters. The molecule has 0 radical (unpaired) electrons. The summed E-state index contributed by atoms with van der Waals surface area (Å²) in [5.74, 6) is -0.604. The number of carbonyl (C=O) groups excluding carboxylic acids is 1. The third kappa shape index (κ3) is 6.20. The minimum absolute atomic E-state index is 0.0373. The van der Waals surface area contributed by atoms with Crippen LogP contribution in [0.4, 0.5) is 18.9 Å². The number of methoxy groups -OCH3 is 1. The lowest BCUT2D eigenvalue weighted by Gasteiger charge is -2.21. The molecule has 0 aliphatic rings. The molecule has 212 valence electrons. The van der Waals surface area contributed by atoms with Crippen molar-refractivity contribution in [1.29, 1.82) is 0 Å². The van der Waals surface area contributed by atoms with Crippen LogP contribution >= 0.6 is 0 Å². The van der Waals surface area contributed by atoms with Gasteiger partial charge < -0.3 is 10.1 Å². The molecule has 0 spiro atoms. The summed E-state index contributed by atoms with van der Waals surface area (Å²) in [6, 6.07) is 4.09. The first-order valence-electron chi connectivity index (χ1n) is 12.5. The lowest BCUT2D eigenvalue weighted by molar-refractivity contribution is -0.138. The predicted octanol–water partition coefficient (Wildman–Crippen LogP) is 4.34. The Balaban J connectivity index is 1.62. The van der Waals surface area contributed by atoms with Gasteiger partial charge in [-0.15, -0.1) is 5.10 Å². The zero-order valence-electron chi connectivity index (χ0n) is 23.2. The minimum Gasteiger partial charge on any atom is -0.383 e. The van der Waals surface area contributed by atoms with E-state index in [0.29, 0.717) is 35.8 Å². The number of benzene rings is 1. The van der Waals surface area contributed by atoms with Crippen molar-refractivity contribution < 1.29 is 22.7 Å². The van der Waals surface area contributed by atoms with E-state index in [4.69, 9.17) is 4.74 Å². The lowest BCUT2D eigenvalue weighted by atomic mass is 10.00. The highest BCUT2D eigenvalue weighted by Gasteiger charge is 2.34. The van der Waals surface area contributed by atoms with E-state index in [1.807, 2.05) is 18.9 Å². The molecule has 0 saturated carbocycles. The van der Waals surface area contributed by atoms with Crippen LogP contribution in [-0.4, -0.2) is 67.9 Å². The lowest BCUT2D eigenvalue weighted by Crippen LogP contribution is -2.24. The number of aryl methyl sites for hydroxylation is 2. The summed E-state index contributed by atoms with van der Waals surface area (Å²) < 4.78 is 49.9. The first-order valence-corrected chi connectivity index (χ1v) is 12.5. The zero-order valence-corrected chi connectivity index (χ0v) is 23.2. The maximum Gasteiger partial charge on any atom is 0.416 e. The second-order valence-electron chi connectivity index (χ2n) is 9.63. The van der Waals surface area contributed by atoms with E-state index in [0.717, 1.165) is 17.3 Å². The fraction of sp³-hybridized carbons (Fsp3) is 0.370. The van der Waals surface area contributed by atoms with E-state index < -0.39 is 17.6 Å². The van der Waals surface area contributed by atoms with Crippen molar-refractivity contribution in [2.24, 2.45) is 7.05 Å². The van der Waals surface area contributed by atoms with Crippen molar-refractivity contribution in [3.8, 4) is 16.9 Å². The third-order valence-corrected chi connectivity index (χ3v) is 6.77. The Morgan fingerprint density at radius 2 is 1.90 bits per heavy atom. The van der Waals surface area contributed by atoms with Crippen LogP contribution in [0.25, 0.3) is 16.9 Å². The first kappa shape index (κ1) is 28.9. The van der Waals surface area contributed by atoms with Crippen molar-refractivity contribution in [1.82, 2.24) is 34.7 Å². The molecule has 4 aromatic rings.